The summed E-state index contributed by atoms with van der Waals surface area (Å²) in [4.78, 5) is 0. The Bertz CT molecular complexity index is 449. The highest BCUT2D eigenvalue weighted by atomic mass is 16.5. The molecule has 21 heavy (non-hydrogen) atoms. The summed E-state index contributed by atoms with van der Waals surface area (Å²) in [5.41, 5.74) is 1.80. The number of fused-ring (bicyclic) bond motifs is 1. The zero-order valence-electron chi connectivity index (χ0n) is 13.4. The van der Waals surface area contributed by atoms with Gasteiger partial charge in [0, 0.05) is 5.54 Å². The molecular formula is C19H29NO. The number of nitrogens with one attached hydrogen (secondary N) is 1. The van der Waals surface area contributed by atoms with Gasteiger partial charge in [0.15, 0.2) is 0 Å². The van der Waals surface area contributed by atoms with Crippen molar-refractivity contribution in [2.45, 2.75) is 69.7 Å². The molecule has 116 valence electrons. The van der Waals surface area contributed by atoms with Crippen molar-refractivity contribution in [3.63, 3.8) is 0 Å². The van der Waals surface area contributed by atoms with Crippen LogP contribution in [-0.2, 0) is 0 Å². The number of para-hydroxylation sites is 1. The first-order valence-electron chi connectivity index (χ1n) is 8.80. The summed E-state index contributed by atoms with van der Waals surface area (Å²) in [6.07, 6.45) is 10.5. The Morgan fingerprint density at radius 3 is 3.05 bits per heavy atom. The standard InChI is InChI=1S/C19H29NO/c1-2-11-19(12-6-3-7-13-20-19)15-16-10-14-21-18-9-5-4-8-17(16)18/h4-5,8-9,16,20H,2-3,6-7,10-15H2,1H3. The van der Waals surface area contributed by atoms with E-state index in [-0.39, 0.29) is 0 Å². The molecule has 1 aromatic carbocycles. The molecule has 2 aliphatic rings. The molecule has 2 unspecified atom stereocenters. The smallest absolute Gasteiger partial charge is 0.122 e. The monoisotopic (exact) mass is 287 g/mol. The first-order valence-corrected chi connectivity index (χ1v) is 8.80. The Hall–Kier alpha value is -1.02. The summed E-state index contributed by atoms with van der Waals surface area (Å²) in [7, 11) is 0. The third-order valence-corrected chi connectivity index (χ3v) is 5.28. The fourth-order valence-corrected chi connectivity index (χ4v) is 4.27. The van der Waals surface area contributed by atoms with Gasteiger partial charge in [-0.15, -0.1) is 0 Å². The molecule has 0 amide bonds. The predicted octanol–water partition coefficient (Wildman–Crippen LogP) is 4.65. The molecule has 2 nitrogen and oxygen atoms in total. The fourth-order valence-electron chi connectivity index (χ4n) is 4.27. The predicted molar refractivity (Wildman–Crippen MR) is 88.0 cm³/mol. The van der Waals surface area contributed by atoms with E-state index < -0.39 is 0 Å². The van der Waals surface area contributed by atoms with E-state index in [1.807, 2.05) is 0 Å². The molecule has 1 aromatic rings. The molecule has 0 aromatic heterocycles. The van der Waals surface area contributed by atoms with E-state index in [1.165, 1.54) is 63.5 Å². The summed E-state index contributed by atoms with van der Waals surface area (Å²) in [6, 6.07) is 8.66. The fraction of sp³-hybridized carbons (Fsp3) is 0.684. The van der Waals surface area contributed by atoms with Gasteiger partial charge in [-0.2, -0.15) is 0 Å². The average molecular weight is 287 g/mol. The summed E-state index contributed by atoms with van der Waals surface area (Å²) < 4.78 is 5.84. The second-order valence-corrected chi connectivity index (χ2v) is 6.84. The summed E-state index contributed by atoms with van der Waals surface area (Å²) >= 11 is 0. The van der Waals surface area contributed by atoms with Gasteiger partial charge in [0.2, 0.25) is 0 Å². The molecule has 1 saturated heterocycles. The highest BCUT2D eigenvalue weighted by Gasteiger charge is 2.34. The molecule has 0 aliphatic carbocycles. The normalized spacial score (nSPS) is 29.3. The van der Waals surface area contributed by atoms with Crippen molar-refractivity contribution in [3.05, 3.63) is 29.8 Å². The number of hydrogen-bond donors (Lipinski definition) is 1. The van der Waals surface area contributed by atoms with E-state index in [0.717, 1.165) is 12.4 Å². The van der Waals surface area contributed by atoms with Gasteiger partial charge in [0.05, 0.1) is 6.61 Å². The highest BCUT2D eigenvalue weighted by Crippen LogP contribution is 2.41. The quantitative estimate of drug-likeness (QED) is 0.870. The Morgan fingerprint density at radius 1 is 1.24 bits per heavy atom. The maximum absolute atomic E-state index is 5.84. The lowest BCUT2D eigenvalue weighted by Gasteiger charge is -2.39. The number of ether oxygens (including phenoxy) is 1. The van der Waals surface area contributed by atoms with Gasteiger partial charge >= 0.3 is 0 Å². The van der Waals surface area contributed by atoms with Crippen LogP contribution in [0.5, 0.6) is 5.75 Å². The van der Waals surface area contributed by atoms with Crippen molar-refractivity contribution in [1.29, 1.82) is 0 Å². The van der Waals surface area contributed by atoms with E-state index in [1.54, 1.807) is 0 Å². The number of benzene rings is 1. The molecule has 1 fully saturated rings. The molecule has 0 spiro atoms. The van der Waals surface area contributed by atoms with E-state index in [9.17, 15) is 0 Å². The van der Waals surface area contributed by atoms with Gasteiger partial charge in [-0.3, -0.25) is 0 Å². The number of hydrogen-bond acceptors (Lipinski definition) is 2. The van der Waals surface area contributed by atoms with Crippen molar-refractivity contribution < 1.29 is 4.74 Å². The van der Waals surface area contributed by atoms with Crippen molar-refractivity contribution in [2.24, 2.45) is 0 Å². The minimum atomic E-state index is 0.361. The molecule has 1 N–H and O–H groups in total. The molecular weight excluding hydrogens is 258 g/mol. The molecule has 0 bridgehead atoms. The molecule has 2 heteroatoms. The Morgan fingerprint density at radius 2 is 2.14 bits per heavy atom. The zero-order valence-corrected chi connectivity index (χ0v) is 13.4. The average Bonchev–Trinajstić information content (AvgIpc) is 2.74. The maximum Gasteiger partial charge on any atom is 0.122 e. The second-order valence-electron chi connectivity index (χ2n) is 6.84. The highest BCUT2D eigenvalue weighted by molar-refractivity contribution is 5.38. The third kappa shape index (κ3) is 3.42. The lowest BCUT2D eigenvalue weighted by molar-refractivity contribution is 0.208. The largest absolute Gasteiger partial charge is 0.493 e. The van der Waals surface area contributed by atoms with Crippen LogP contribution >= 0.6 is 0 Å². The molecule has 2 atom stereocenters. The van der Waals surface area contributed by atoms with E-state index in [4.69, 9.17) is 4.74 Å². The van der Waals surface area contributed by atoms with Crippen LogP contribution in [0.2, 0.25) is 0 Å². The lowest BCUT2D eigenvalue weighted by atomic mass is 9.76. The SMILES string of the molecule is CCCC1(CC2CCOc3ccccc32)CCCCCN1. The van der Waals surface area contributed by atoms with Crippen LogP contribution < -0.4 is 10.1 Å². The van der Waals surface area contributed by atoms with Gasteiger partial charge < -0.3 is 10.1 Å². The summed E-state index contributed by atoms with van der Waals surface area (Å²) in [5, 5.41) is 3.93. The second kappa shape index (κ2) is 6.83. The van der Waals surface area contributed by atoms with Crippen LogP contribution in [0, 0.1) is 0 Å². The lowest BCUT2D eigenvalue weighted by Crippen LogP contribution is -2.46. The topological polar surface area (TPSA) is 21.3 Å². The van der Waals surface area contributed by atoms with Gasteiger partial charge in [0.1, 0.15) is 5.75 Å². The van der Waals surface area contributed by atoms with Crippen molar-refractivity contribution in [3.8, 4) is 5.75 Å². The Balaban J connectivity index is 1.80. The maximum atomic E-state index is 5.84. The first kappa shape index (κ1) is 14.9. The Labute approximate surface area is 129 Å². The van der Waals surface area contributed by atoms with Crippen LogP contribution in [0.25, 0.3) is 0 Å². The van der Waals surface area contributed by atoms with E-state index in [2.05, 4.69) is 36.5 Å². The van der Waals surface area contributed by atoms with E-state index in [0.29, 0.717) is 11.5 Å². The van der Waals surface area contributed by atoms with Gasteiger partial charge in [-0.25, -0.2) is 0 Å². The third-order valence-electron chi connectivity index (χ3n) is 5.28. The minimum absolute atomic E-state index is 0.361. The van der Waals surface area contributed by atoms with Crippen molar-refractivity contribution in [2.75, 3.05) is 13.2 Å². The minimum Gasteiger partial charge on any atom is -0.493 e. The Kier molecular flexibility index (Phi) is 4.84. The van der Waals surface area contributed by atoms with Gasteiger partial charge in [-0.05, 0) is 56.2 Å². The molecule has 2 aliphatic heterocycles. The molecule has 3 rings (SSSR count). The summed E-state index contributed by atoms with van der Waals surface area (Å²) in [6.45, 7) is 4.40. The van der Waals surface area contributed by atoms with Crippen LogP contribution in [0.4, 0.5) is 0 Å². The molecule has 2 heterocycles. The first-order chi connectivity index (χ1) is 10.3. The molecule has 0 radical (unpaired) electrons. The van der Waals surface area contributed by atoms with Gasteiger partial charge in [0.25, 0.3) is 0 Å². The van der Waals surface area contributed by atoms with Gasteiger partial charge in [-0.1, -0.05) is 44.4 Å². The van der Waals surface area contributed by atoms with Crippen molar-refractivity contribution in [1.82, 2.24) is 5.32 Å². The number of rotatable bonds is 4. The van der Waals surface area contributed by atoms with Crippen LogP contribution in [-0.4, -0.2) is 18.7 Å². The zero-order chi connectivity index (χ0) is 14.5. The van der Waals surface area contributed by atoms with Crippen LogP contribution in [0.1, 0.15) is 69.8 Å². The van der Waals surface area contributed by atoms with Crippen molar-refractivity contribution >= 4 is 0 Å². The summed E-state index contributed by atoms with van der Waals surface area (Å²) in [5.74, 6) is 1.78. The molecule has 0 saturated carbocycles. The van der Waals surface area contributed by atoms with E-state index >= 15 is 0 Å². The van der Waals surface area contributed by atoms with Crippen LogP contribution in [0.15, 0.2) is 24.3 Å². The van der Waals surface area contributed by atoms with Crippen LogP contribution in [0.3, 0.4) is 0 Å².